The smallest absolute Gasteiger partial charge is 0.244 e. The number of carbonyl (C=O) groups excluding carboxylic acids is 1. The number of hydrogen-bond acceptors (Lipinski definition) is 3. The molecule has 1 atom stereocenters. The maximum atomic E-state index is 12.6. The average molecular weight is 534 g/mol. The zero-order chi connectivity index (χ0) is 20.8. The van der Waals surface area contributed by atoms with Gasteiger partial charge in [-0.3, -0.25) is 4.79 Å². The van der Waals surface area contributed by atoms with Crippen LogP contribution < -0.4 is 15.8 Å². The molecule has 3 N–H and O–H groups in total. The first-order chi connectivity index (χ1) is 14.7. The van der Waals surface area contributed by atoms with E-state index in [1.54, 1.807) is 0 Å². The van der Waals surface area contributed by atoms with E-state index >= 15 is 0 Å². The fraction of sp³-hybridized carbons (Fsp3) is 0.417. The molecule has 0 radical (unpaired) electrons. The number of amides is 1. The number of nitrogens with two attached hydrogens (primary N) is 1. The van der Waals surface area contributed by atoms with Crippen molar-refractivity contribution in [3.8, 4) is 5.75 Å². The highest BCUT2D eigenvalue weighted by Crippen LogP contribution is 2.31. The summed E-state index contributed by atoms with van der Waals surface area (Å²) in [4.78, 5) is 18.8. The molecule has 0 bridgehead atoms. The highest BCUT2D eigenvalue weighted by Gasteiger charge is 2.24. The second-order valence-electron chi connectivity index (χ2n) is 8.09. The second kappa shape index (κ2) is 11.4. The molecule has 0 aliphatic carbocycles. The molecule has 31 heavy (non-hydrogen) atoms. The number of likely N-dealkylation sites (tertiary alicyclic amines) is 1. The molecule has 7 heteroatoms. The quantitative estimate of drug-likeness (QED) is 0.350. The Labute approximate surface area is 201 Å². The van der Waals surface area contributed by atoms with Gasteiger partial charge in [0.15, 0.2) is 5.96 Å². The van der Waals surface area contributed by atoms with Gasteiger partial charge in [0.25, 0.3) is 0 Å². The number of piperidine rings is 1. The number of rotatable bonds is 5. The summed E-state index contributed by atoms with van der Waals surface area (Å²) in [5.41, 5.74) is 8.53. The molecule has 1 saturated heterocycles. The van der Waals surface area contributed by atoms with E-state index in [-0.39, 0.29) is 42.5 Å². The van der Waals surface area contributed by atoms with Crippen molar-refractivity contribution in [2.24, 2.45) is 16.6 Å². The van der Waals surface area contributed by atoms with E-state index in [4.69, 9.17) is 10.5 Å². The Morgan fingerprint density at radius 3 is 2.55 bits per heavy atom. The number of nitrogens with zero attached hydrogens (tertiary/aromatic N) is 2. The van der Waals surface area contributed by atoms with Gasteiger partial charge in [-0.1, -0.05) is 48.5 Å². The molecule has 1 fully saturated rings. The number of carbonyl (C=O) groups is 1. The van der Waals surface area contributed by atoms with Crippen molar-refractivity contribution in [1.82, 2.24) is 10.2 Å². The third kappa shape index (κ3) is 6.35. The number of halogens is 1. The first-order valence-corrected chi connectivity index (χ1v) is 10.8. The minimum Gasteiger partial charge on any atom is -0.493 e. The molecule has 1 amide bonds. The summed E-state index contributed by atoms with van der Waals surface area (Å²) in [6, 6.07) is 18.6. The fourth-order valence-electron chi connectivity index (χ4n) is 4.30. The Kier molecular flexibility index (Phi) is 8.57. The zero-order valence-corrected chi connectivity index (χ0v) is 20.0. The van der Waals surface area contributed by atoms with Crippen LogP contribution >= 0.6 is 24.0 Å². The van der Waals surface area contributed by atoms with Gasteiger partial charge in [0, 0.05) is 25.1 Å². The summed E-state index contributed by atoms with van der Waals surface area (Å²) in [6.45, 7) is 2.32. The van der Waals surface area contributed by atoms with Crippen LogP contribution in [0.15, 0.2) is 59.6 Å². The lowest BCUT2D eigenvalue weighted by atomic mass is 9.90. The van der Waals surface area contributed by atoms with Gasteiger partial charge in [-0.2, -0.15) is 0 Å². The number of guanidine groups is 1. The van der Waals surface area contributed by atoms with Gasteiger partial charge in [-0.05, 0) is 36.8 Å². The fourth-order valence-corrected chi connectivity index (χ4v) is 4.30. The summed E-state index contributed by atoms with van der Waals surface area (Å²) in [6.07, 6.45) is 3.98. The van der Waals surface area contributed by atoms with E-state index in [9.17, 15) is 4.79 Å². The molecule has 2 heterocycles. The average Bonchev–Trinajstić information content (AvgIpc) is 2.79. The molecule has 2 aromatic rings. The van der Waals surface area contributed by atoms with E-state index in [0.29, 0.717) is 18.5 Å². The van der Waals surface area contributed by atoms with Gasteiger partial charge in [0.1, 0.15) is 12.3 Å². The van der Waals surface area contributed by atoms with Gasteiger partial charge < -0.3 is 20.7 Å². The predicted octanol–water partition coefficient (Wildman–Crippen LogP) is 3.51. The van der Waals surface area contributed by atoms with E-state index in [2.05, 4.69) is 34.6 Å². The maximum Gasteiger partial charge on any atom is 0.244 e. The maximum absolute atomic E-state index is 12.6. The lowest BCUT2D eigenvalue weighted by molar-refractivity contribution is -0.130. The summed E-state index contributed by atoms with van der Waals surface area (Å²) >= 11 is 0. The monoisotopic (exact) mass is 534 g/mol. The summed E-state index contributed by atoms with van der Waals surface area (Å²) in [5.74, 6) is 1.87. The first kappa shape index (κ1) is 23.4. The third-order valence-electron chi connectivity index (χ3n) is 6.00. The summed E-state index contributed by atoms with van der Waals surface area (Å²) in [5, 5.41) is 3.24. The molecular weight excluding hydrogens is 503 g/mol. The molecular formula is C24H31IN4O2. The number of ether oxygens (including phenoxy) is 1. The number of benzene rings is 2. The number of nitrogens with one attached hydrogen (secondary N) is 1. The van der Waals surface area contributed by atoms with Crippen LogP contribution in [0.2, 0.25) is 0 Å². The SMILES string of the molecule is I.NC(=NCC(=O)N1CCC(Cc2ccccc2)CC1)NC1CCOc2ccccc21. The van der Waals surface area contributed by atoms with Crippen LogP contribution in [0.1, 0.15) is 36.4 Å². The second-order valence-corrected chi connectivity index (χ2v) is 8.09. The highest BCUT2D eigenvalue weighted by molar-refractivity contribution is 14.0. The Bertz CT molecular complexity index is 882. The highest BCUT2D eigenvalue weighted by atomic mass is 127. The number of fused-ring (bicyclic) bond motifs is 1. The van der Waals surface area contributed by atoms with Crippen LogP contribution in [-0.2, 0) is 11.2 Å². The Morgan fingerprint density at radius 2 is 1.77 bits per heavy atom. The molecule has 6 nitrogen and oxygen atoms in total. The lowest BCUT2D eigenvalue weighted by Gasteiger charge is -2.32. The third-order valence-corrected chi connectivity index (χ3v) is 6.00. The van der Waals surface area contributed by atoms with Crippen LogP contribution in [0.25, 0.3) is 0 Å². The van der Waals surface area contributed by atoms with Crippen molar-refractivity contribution in [2.45, 2.75) is 31.7 Å². The van der Waals surface area contributed by atoms with Gasteiger partial charge in [-0.25, -0.2) is 4.99 Å². The van der Waals surface area contributed by atoms with Crippen molar-refractivity contribution >= 4 is 35.8 Å². The largest absolute Gasteiger partial charge is 0.493 e. The summed E-state index contributed by atoms with van der Waals surface area (Å²) < 4.78 is 5.68. The standard InChI is InChI=1S/C24H30N4O2.HI/c25-24(27-21-12-15-30-22-9-5-4-8-20(21)22)26-17-23(29)28-13-10-19(11-14-28)16-18-6-2-1-3-7-18;/h1-9,19,21H,10-17H2,(H3,25,26,27);1H. The van der Waals surface area contributed by atoms with Crippen LogP contribution in [-0.4, -0.2) is 43.0 Å². The minimum atomic E-state index is 0. The molecule has 1 unspecified atom stereocenters. The number of hydrogen-bond donors (Lipinski definition) is 2. The Morgan fingerprint density at radius 1 is 1.06 bits per heavy atom. The van der Waals surface area contributed by atoms with Crippen molar-refractivity contribution in [3.63, 3.8) is 0 Å². The molecule has 2 aromatic carbocycles. The molecule has 2 aliphatic heterocycles. The molecule has 2 aliphatic rings. The van der Waals surface area contributed by atoms with E-state index in [1.165, 1.54) is 5.56 Å². The lowest BCUT2D eigenvalue weighted by Crippen LogP contribution is -2.41. The van der Waals surface area contributed by atoms with Crippen molar-refractivity contribution in [2.75, 3.05) is 26.2 Å². The van der Waals surface area contributed by atoms with Crippen LogP contribution in [0.4, 0.5) is 0 Å². The summed E-state index contributed by atoms with van der Waals surface area (Å²) in [7, 11) is 0. The number of para-hydroxylation sites is 1. The van der Waals surface area contributed by atoms with Crippen molar-refractivity contribution in [3.05, 3.63) is 65.7 Å². The first-order valence-electron chi connectivity index (χ1n) is 10.8. The van der Waals surface area contributed by atoms with Crippen molar-refractivity contribution < 1.29 is 9.53 Å². The van der Waals surface area contributed by atoms with Crippen LogP contribution in [0.3, 0.4) is 0 Å². The van der Waals surface area contributed by atoms with Gasteiger partial charge in [0.2, 0.25) is 5.91 Å². The molecule has 166 valence electrons. The topological polar surface area (TPSA) is 80.0 Å². The van der Waals surface area contributed by atoms with E-state index in [1.807, 2.05) is 35.2 Å². The van der Waals surface area contributed by atoms with E-state index in [0.717, 1.165) is 50.1 Å². The normalized spacial score (nSPS) is 19.0. The number of aliphatic imine (C=N–C) groups is 1. The van der Waals surface area contributed by atoms with Crippen LogP contribution in [0, 0.1) is 5.92 Å². The van der Waals surface area contributed by atoms with Gasteiger partial charge >= 0.3 is 0 Å². The molecule has 4 rings (SSSR count). The molecule has 0 spiro atoms. The van der Waals surface area contributed by atoms with Gasteiger partial charge in [-0.15, -0.1) is 24.0 Å². The molecule has 0 saturated carbocycles. The van der Waals surface area contributed by atoms with E-state index < -0.39 is 0 Å². The minimum absolute atomic E-state index is 0. The van der Waals surface area contributed by atoms with Gasteiger partial charge in [0.05, 0.1) is 12.6 Å². The zero-order valence-electron chi connectivity index (χ0n) is 17.7. The Hall–Kier alpha value is -2.29. The van der Waals surface area contributed by atoms with Crippen LogP contribution in [0.5, 0.6) is 5.75 Å². The molecule has 0 aromatic heterocycles. The van der Waals surface area contributed by atoms with Crippen molar-refractivity contribution in [1.29, 1.82) is 0 Å². The Balaban J connectivity index is 0.00000272. The predicted molar refractivity (Wildman–Crippen MR) is 134 cm³/mol.